The lowest BCUT2D eigenvalue weighted by Gasteiger charge is -2.16. The average Bonchev–Trinajstić information content (AvgIpc) is 2.92. The summed E-state index contributed by atoms with van der Waals surface area (Å²) in [5.74, 6) is -1.15. The van der Waals surface area contributed by atoms with Crippen molar-refractivity contribution < 1.29 is 9.59 Å². The second-order valence-electron chi connectivity index (χ2n) is 5.64. The third-order valence-corrected chi connectivity index (χ3v) is 4.29. The molecule has 5 heteroatoms. The van der Waals surface area contributed by atoms with E-state index in [0.29, 0.717) is 23.7 Å². The number of halogens is 1. The van der Waals surface area contributed by atoms with Crippen molar-refractivity contribution in [3.63, 3.8) is 0 Å². The van der Waals surface area contributed by atoms with E-state index < -0.39 is 5.92 Å². The zero-order valence-corrected chi connectivity index (χ0v) is 13.5. The van der Waals surface area contributed by atoms with E-state index in [-0.39, 0.29) is 11.8 Å². The van der Waals surface area contributed by atoms with Crippen LogP contribution in [-0.2, 0) is 9.59 Å². The van der Waals surface area contributed by atoms with Gasteiger partial charge in [0.2, 0.25) is 11.8 Å². The lowest BCUT2D eigenvalue weighted by atomic mass is 10.1. The molecule has 2 aromatic carbocycles. The van der Waals surface area contributed by atoms with Gasteiger partial charge in [0.25, 0.3) is 0 Å². The normalized spacial score (nSPS) is 17.4. The van der Waals surface area contributed by atoms with Crippen LogP contribution in [0.25, 0.3) is 0 Å². The average molecular weight is 329 g/mol. The van der Waals surface area contributed by atoms with Crippen LogP contribution in [0, 0.1) is 12.8 Å². The molecular formula is C18H17ClN2O2. The van der Waals surface area contributed by atoms with Crippen LogP contribution in [-0.4, -0.2) is 18.4 Å². The molecule has 1 atom stereocenters. The molecule has 0 radical (unpaired) electrons. The van der Waals surface area contributed by atoms with Crippen LogP contribution in [0.3, 0.4) is 0 Å². The molecule has 1 saturated heterocycles. The molecule has 118 valence electrons. The van der Waals surface area contributed by atoms with Crippen molar-refractivity contribution in [2.45, 2.75) is 13.3 Å². The fourth-order valence-corrected chi connectivity index (χ4v) is 3.01. The molecule has 3 rings (SSSR count). The molecule has 0 spiro atoms. The van der Waals surface area contributed by atoms with Crippen molar-refractivity contribution in [2.24, 2.45) is 5.92 Å². The summed E-state index contributed by atoms with van der Waals surface area (Å²) >= 11 is 6.13. The number of hydrogen-bond donors (Lipinski definition) is 1. The van der Waals surface area contributed by atoms with Crippen molar-refractivity contribution in [1.82, 2.24) is 0 Å². The lowest BCUT2D eigenvalue weighted by Crippen LogP contribution is -2.33. The molecule has 23 heavy (non-hydrogen) atoms. The predicted molar refractivity (Wildman–Crippen MR) is 91.7 cm³/mol. The number of anilines is 2. The van der Waals surface area contributed by atoms with E-state index in [2.05, 4.69) is 5.32 Å². The van der Waals surface area contributed by atoms with Crippen molar-refractivity contribution >= 4 is 34.8 Å². The summed E-state index contributed by atoms with van der Waals surface area (Å²) in [5, 5.41) is 3.24. The minimum atomic E-state index is -0.674. The third-order valence-electron chi connectivity index (χ3n) is 3.97. The standard InChI is InChI=1S/C18H17ClN2O2/c1-12-7-8-16(15(19)11-12)20-17(22)14-9-10-21(18(14)23)13-5-3-2-4-6-13/h2-8,11,14H,9-10H2,1H3,(H,20,22). The maximum absolute atomic E-state index is 12.5. The van der Waals surface area contributed by atoms with Gasteiger partial charge >= 0.3 is 0 Å². The van der Waals surface area contributed by atoms with Crippen LogP contribution < -0.4 is 10.2 Å². The van der Waals surface area contributed by atoms with Gasteiger partial charge in [0.1, 0.15) is 5.92 Å². The summed E-state index contributed by atoms with van der Waals surface area (Å²) in [6.07, 6.45) is 0.503. The first-order valence-corrected chi connectivity index (χ1v) is 7.87. The first kappa shape index (κ1) is 15.6. The van der Waals surface area contributed by atoms with Gasteiger partial charge in [-0.15, -0.1) is 0 Å². The topological polar surface area (TPSA) is 49.4 Å². The highest BCUT2D eigenvalue weighted by molar-refractivity contribution is 6.34. The molecule has 0 bridgehead atoms. The monoisotopic (exact) mass is 328 g/mol. The number of carbonyl (C=O) groups is 2. The molecule has 2 amide bonds. The first-order valence-electron chi connectivity index (χ1n) is 7.49. The number of rotatable bonds is 3. The predicted octanol–water partition coefficient (Wildman–Crippen LogP) is 3.64. The number of nitrogens with one attached hydrogen (secondary N) is 1. The van der Waals surface area contributed by atoms with Crippen molar-refractivity contribution in [3.8, 4) is 0 Å². The molecule has 1 aliphatic heterocycles. The van der Waals surface area contributed by atoms with Crippen LogP contribution in [0.5, 0.6) is 0 Å². The van der Waals surface area contributed by atoms with E-state index in [1.165, 1.54) is 0 Å². The van der Waals surface area contributed by atoms with Gasteiger partial charge in [-0.25, -0.2) is 0 Å². The van der Waals surface area contributed by atoms with Gasteiger partial charge in [-0.3, -0.25) is 9.59 Å². The van der Waals surface area contributed by atoms with E-state index in [0.717, 1.165) is 11.3 Å². The molecular weight excluding hydrogens is 312 g/mol. The zero-order chi connectivity index (χ0) is 16.4. The highest BCUT2D eigenvalue weighted by Gasteiger charge is 2.37. The van der Waals surface area contributed by atoms with Crippen LogP contribution in [0.2, 0.25) is 5.02 Å². The van der Waals surface area contributed by atoms with Gasteiger partial charge < -0.3 is 10.2 Å². The summed E-state index contributed by atoms with van der Waals surface area (Å²) < 4.78 is 0. The number of amides is 2. The highest BCUT2D eigenvalue weighted by atomic mass is 35.5. The number of benzene rings is 2. The Kier molecular flexibility index (Phi) is 4.35. The van der Waals surface area contributed by atoms with Crippen LogP contribution >= 0.6 is 11.6 Å². The van der Waals surface area contributed by atoms with Gasteiger partial charge in [0.15, 0.2) is 0 Å². The molecule has 0 saturated carbocycles. The van der Waals surface area contributed by atoms with Gasteiger partial charge in [-0.05, 0) is 43.2 Å². The Hall–Kier alpha value is -2.33. The Balaban J connectivity index is 1.72. The van der Waals surface area contributed by atoms with E-state index in [1.807, 2.05) is 43.3 Å². The Morgan fingerprint density at radius 2 is 1.96 bits per heavy atom. The van der Waals surface area contributed by atoms with Crippen molar-refractivity contribution in [1.29, 1.82) is 0 Å². The second kappa shape index (κ2) is 6.42. The molecule has 1 aliphatic rings. The Morgan fingerprint density at radius 3 is 2.65 bits per heavy atom. The van der Waals surface area contributed by atoms with Gasteiger partial charge in [0, 0.05) is 12.2 Å². The molecule has 1 heterocycles. The van der Waals surface area contributed by atoms with Crippen molar-refractivity contribution in [3.05, 3.63) is 59.1 Å². The fraction of sp³-hybridized carbons (Fsp3) is 0.222. The lowest BCUT2D eigenvalue weighted by molar-refractivity contribution is -0.129. The summed E-state index contributed by atoms with van der Waals surface area (Å²) in [7, 11) is 0. The molecule has 0 aliphatic carbocycles. The smallest absolute Gasteiger partial charge is 0.239 e. The summed E-state index contributed by atoms with van der Waals surface area (Å²) in [5.41, 5.74) is 2.37. The van der Waals surface area contributed by atoms with Gasteiger partial charge in [0.05, 0.1) is 10.7 Å². The number of aryl methyl sites for hydroxylation is 1. The zero-order valence-electron chi connectivity index (χ0n) is 12.8. The van der Waals surface area contributed by atoms with E-state index >= 15 is 0 Å². The minimum absolute atomic E-state index is 0.170. The summed E-state index contributed by atoms with van der Waals surface area (Å²) in [4.78, 5) is 26.6. The van der Waals surface area contributed by atoms with Crippen molar-refractivity contribution in [2.75, 3.05) is 16.8 Å². The van der Waals surface area contributed by atoms with Crippen LogP contribution in [0.15, 0.2) is 48.5 Å². The number of hydrogen-bond acceptors (Lipinski definition) is 2. The minimum Gasteiger partial charge on any atom is -0.324 e. The Labute approximate surface area is 140 Å². The quantitative estimate of drug-likeness (QED) is 0.874. The largest absolute Gasteiger partial charge is 0.324 e. The second-order valence-corrected chi connectivity index (χ2v) is 6.05. The highest BCUT2D eigenvalue weighted by Crippen LogP contribution is 2.28. The van der Waals surface area contributed by atoms with E-state index in [9.17, 15) is 9.59 Å². The number of nitrogens with zero attached hydrogens (tertiary/aromatic N) is 1. The Bertz CT molecular complexity index is 746. The van der Waals surface area contributed by atoms with Gasteiger partial charge in [-0.2, -0.15) is 0 Å². The SMILES string of the molecule is Cc1ccc(NC(=O)C2CCN(c3ccccc3)C2=O)c(Cl)c1. The third kappa shape index (κ3) is 3.22. The molecule has 1 fully saturated rings. The van der Waals surface area contributed by atoms with E-state index in [4.69, 9.17) is 11.6 Å². The maximum atomic E-state index is 12.5. The molecule has 1 unspecified atom stereocenters. The molecule has 0 aromatic heterocycles. The molecule has 1 N–H and O–H groups in total. The van der Waals surface area contributed by atoms with Crippen LogP contribution in [0.1, 0.15) is 12.0 Å². The van der Waals surface area contributed by atoms with E-state index in [1.54, 1.807) is 17.0 Å². The first-order chi connectivity index (χ1) is 11.1. The summed E-state index contributed by atoms with van der Waals surface area (Å²) in [6.45, 7) is 2.47. The fourth-order valence-electron chi connectivity index (χ4n) is 2.73. The summed E-state index contributed by atoms with van der Waals surface area (Å²) in [6, 6.07) is 14.8. The molecule has 2 aromatic rings. The van der Waals surface area contributed by atoms with Crippen LogP contribution in [0.4, 0.5) is 11.4 Å². The number of para-hydroxylation sites is 1. The molecule has 4 nitrogen and oxygen atoms in total. The number of carbonyl (C=O) groups excluding carboxylic acids is 2. The maximum Gasteiger partial charge on any atom is 0.239 e. The Morgan fingerprint density at radius 1 is 1.22 bits per heavy atom. The van der Waals surface area contributed by atoms with Gasteiger partial charge in [-0.1, -0.05) is 35.9 Å².